The summed E-state index contributed by atoms with van der Waals surface area (Å²) in [7, 11) is 0. The van der Waals surface area contributed by atoms with Gasteiger partial charge in [-0.2, -0.15) is 0 Å². The average molecular weight is 245 g/mol. The molecular formula is C9H13BrN2O. The maximum atomic E-state index is 5.66. The van der Waals surface area contributed by atoms with E-state index in [-0.39, 0.29) is 0 Å². The van der Waals surface area contributed by atoms with Crippen molar-refractivity contribution in [3.8, 4) is 5.88 Å². The lowest BCUT2D eigenvalue weighted by atomic mass is 10.2. The third kappa shape index (κ3) is 2.88. The van der Waals surface area contributed by atoms with Gasteiger partial charge in [-0.15, -0.1) is 0 Å². The summed E-state index contributed by atoms with van der Waals surface area (Å²) >= 11 is 3.32. The zero-order valence-corrected chi connectivity index (χ0v) is 9.34. The molecule has 0 radical (unpaired) electrons. The minimum absolute atomic E-state index is 0.482. The Balaban J connectivity index is 2.71. The number of anilines is 1. The molecule has 0 aliphatic heterocycles. The predicted molar refractivity (Wildman–Crippen MR) is 56.7 cm³/mol. The van der Waals surface area contributed by atoms with E-state index in [0.717, 1.165) is 4.47 Å². The van der Waals surface area contributed by atoms with Crippen LogP contribution in [0.4, 0.5) is 5.69 Å². The van der Waals surface area contributed by atoms with Crippen LogP contribution < -0.4 is 10.5 Å². The van der Waals surface area contributed by atoms with E-state index >= 15 is 0 Å². The number of halogens is 1. The first kappa shape index (κ1) is 10.3. The molecule has 0 aromatic carbocycles. The van der Waals surface area contributed by atoms with Gasteiger partial charge >= 0.3 is 0 Å². The molecule has 2 N–H and O–H groups in total. The van der Waals surface area contributed by atoms with Crippen LogP contribution in [0.3, 0.4) is 0 Å². The van der Waals surface area contributed by atoms with Crippen LogP contribution in [0.2, 0.25) is 0 Å². The third-order valence-corrected chi connectivity index (χ3v) is 2.24. The Bertz CT molecular complexity index is 289. The Morgan fingerprint density at radius 3 is 2.92 bits per heavy atom. The number of rotatable bonds is 3. The largest absolute Gasteiger partial charge is 0.477 e. The first-order valence-electron chi connectivity index (χ1n) is 4.14. The lowest BCUT2D eigenvalue weighted by Gasteiger charge is -2.09. The van der Waals surface area contributed by atoms with Crippen LogP contribution >= 0.6 is 15.9 Å². The SMILES string of the molecule is CC(C)COc1nccc(N)c1Br. The zero-order valence-electron chi connectivity index (χ0n) is 7.75. The molecule has 3 nitrogen and oxygen atoms in total. The quantitative estimate of drug-likeness (QED) is 0.889. The van der Waals surface area contributed by atoms with E-state index in [1.54, 1.807) is 12.3 Å². The number of pyridine rings is 1. The van der Waals surface area contributed by atoms with Gasteiger partial charge in [0.05, 0.1) is 12.3 Å². The van der Waals surface area contributed by atoms with Crippen LogP contribution in [0.15, 0.2) is 16.7 Å². The van der Waals surface area contributed by atoms with E-state index in [0.29, 0.717) is 24.1 Å². The Morgan fingerprint density at radius 2 is 2.31 bits per heavy atom. The zero-order chi connectivity index (χ0) is 9.84. The van der Waals surface area contributed by atoms with Gasteiger partial charge in [-0.1, -0.05) is 13.8 Å². The summed E-state index contributed by atoms with van der Waals surface area (Å²) in [4.78, 5) is 4.06. The van der Waals surface area contributed by atoms with Crippen molar-refractivity contribution in [1.29, 1.82) is 0 Å². The van der Waals surface area contributed by atoms with Crippen LogP contribution in [0.5, 0.6) is 5.88 Å². The minimum atomic E-state index is 0.482. The highest BCUT2D eigenvalue weighted by atomic mass is 79.9. The first-order valence-corrected chi connectivity index (χ1v) is 4.93. The molecular weight excluding hydrogens is 232 g/mol. The van der Waals surface area contributed by atoms with E-state index in [1.807, 2.05) is 0 Å². The molecule has 0 spiro atoms. The second-order valence-electron chi connectivity index (χ2n) is 3.22. The van der Waals surface area contributed by atoms with E-state index in [2.05, 4.69) is 34.8 Å². The van der Waals surface area contributed by atoms with Crippen molar-refractivity contribution < 1.29 is 4.74 Å². The van der Waals surface area contributed by atoms with E-state index < -0.39 is 0 Å². The number of hydrogen-bond acceptors (Lipinski definition) is 3. The summed E-state index contributed by atoms with van der Waals surface area (Å²) in [5.74, 6) is 1.05. The van der Waals surface area contributed by atoms with Crippen LogP contribution in [-0.4, -0.2) is 11.6 Å². The van der Waals surface area contributed by atoms with Gasteiger partial charge < -0.3 is 10.5 Å². The normalized spacial score (nSPS) is 10.5. The van der Waals surface area contributed by atoms with Gasteiger partial charge in [0.15, 0.2) is 0 Å². The maximum absolute atomic E-state index is 5.66. The van der Waals surface area contributed by atoms with Gasteiger partial charge in [0.25, 0.3) is 0 Å². The van der Waals surface area contributed by atoms with E-state index in [4.69, 9.17) is 10.5 Å². The highest BCUT2D eigenvalue weighted by molar-refractivity contribution is 9.10. The molecule has 1 aromatic rings. The molecule has 1 rings (SSSR count). The molecule has 72 valence electrons. The van der Waals surface area contributed by atoms with Crippen molar-refractivity contribution in [1.82, 2.24) is 4.98 Å². The number of hydrogen-bond donors (Lipinski definition) is 1. The Kier molecular flexibility index (Phi) is 3.54. The summed E-state index contributed by atoms with van der Waals surface area (Å²) in [6, 6.07) is 1.73. The molecule has 1 aromatic heterocycles. The van der Waals surface area contributed by atoms with Gasteiger partial charge in [0.2, 0.25) is 5.88 Å². The fourth-order valence-electron chi connectivity index (χ4n) is 0.785. The molecule has 0 aliphatic carbocycles. The highest BCUT2D eigenvalue weighted by Gasteiger charge is 2.05. The summed E-state index contributed by atoms with van der Waals surface area (Å²) in [5, 5.41) is 0. The molecule has 0 bridgehead atoms. The van der Waals surface area contributed by atoms with Gasteiger partial charge in [0, 0.05) is 6.20 Å². The number of ether oxygens (including phenoxy) is 1. The standard InChI is InChI=1S/C9H13BrN2O/c1-6(2)5-13-9-8(10)7(11)3-4-12-9/h3-4,6H,5H2,1-2H3,(H2,11,12). The molecule has 0 aliphatic rings. The Morgan fingerprint density at radius 1 is 1.62 bits per heavy atom. The van der Waals surface area contributed by atoms with Crippen LogP contribution in [0, 0.1) is 5.92 Å². The number of nitrogens with zero attached hydrogens (tertiary/aromatic N) is 1. The fourth-order valence-corrected chi connectivity index (χ4v) is 1.13. The second kappa shape index (κ2) is 4.46. The van der Waals surface area contributed by atoms with Gasteiger partial charge in [0.1, 0.15) is 4.47 Å². The molecule has 1 heterocycles. The monoisotopic (exact) mass is 244 g/mol. The molecule has 0 unspecified atom stereocenters. The Hall–Kier alpha value is -0.770. The van der Waals surface area contributed by atoms with E-state index in [1.165, 1.54) is 0 Å². The molecule has 4 heteroatoms. The second-order valence-corrected chi connectivity index (χ2v) is 4.02. The smallest absolute Gasteiger partial charge is 0.230 e. The number of aromatic nitrogens is 1. The van der Waals surface area contributed by atoms with Crippen molar-refractivity contribution in [3.63, 3.8) is 0 Å². The number of nitrogen functional groups attached to an aromatic ring is 1. The van der Waals surface area contributed by atoms with Crippen molar-refractivity contribution in [2.45, 2.75) is 13.8 Å². The van der Waals surface area contributed by atoms with Crippen LogP contribution in [-0.2, 0) is 0 Å². The fraction of sp³-hybridized carbons (Fsp3) is 0.444. The van der Waals surface area contributed by atoms with Crippen LogP contribution in [0.1, 0.15) is 13.8 Å². The van der Waals surface area contributed by atoms with Crippen molar-refractivity contribution >= 4 is 21.6 Å². The summed E-state index contributed by atoms with van der Waals surface area (Å²) < 4.78 is 6.17. The molecule has 0 atom stereocenters. The van der Waals surface area contributed by atoms with E-state index in [9.17, 15) is 0 Å². The molecule has 0 saturated carbocycles. The highest BCUT2D eigenvalue weighted by Crippen LogP contribution is 2.27. The van der Waals surface area contributed by atoms with Gasteiger partial charge in [-0.25, -0.2) is 4.98 Å². The first-order chi connectivity index (χ1) is 6.11. The maximum Gasteiger partial charge on any atom is 0.230 e. The third-order valence-electron chi connectivity index (χ3n) is 1.44. The molecule has 13 heavy (non-hydrogen) atoms. The lowest BCUT2D eigenvalue weighted by molar-refractivity contribution is 0.260. The van der Waals surface area contributed by atoms with Gasteiger partial charge in [-0.05, 0) is 27.9 Å². The molecule has 0 saturated heterocycles. The van der Waals surface area contributed by atoms with Gasteiger partial charge in [-0.3, -0.25) is 0 Å². The topological polar surface area (TPSA) is 48.1 Å². The summed E-state index contributed by atoms with van der Waals surface area (Å²) in [6.07, 6.45) is 1.63. The van der Waals surface area contributed by atoms with Crippen molar-refractivity contribution in [3.05, 3.63) is 16.7 Å². The summed E-state index contributed by atoms with van der Waals surface area (Å²) in [6.45, 7) is 4.81. The molecule has 0 amide bonds. The lowest BCUT2D eigenvalue weighted by Crippen LogP contribution is -2.06. The number of nitrogens with two attached hydrogens (primary N) is 1. The predicted octanol–water partition coefficient (Wildman–Crippen LogP) is 2.46. The average Bonchev–Trinajstić information content (AvgIpc) is 2.07. The molecule has 0 fully saturated rings. The van der Waals surface area contributed by atoms with Crippen molar-refractivity contribution in [2.75, 3.05) is 12.3 Å². The minimum Gasteiger partial charge on any atom is -0.477 e. The Labute approximate surface area is 86.4 Å². The summed E-state index contributed by atoms with van der Waals surface area (Å²) in [5.41, 5.74) is 6.31. The van der Waals surface area contributed by atoms with Crippen molar-refractivity contribution in [2.24, 2.45) is 5.92 Å². The van der Waals surface area contributed by atoms with Crippen LogP contribution in [0.25, 0.3) is 0 Å².